The van der Waals surface area contributed by atoms with Crippen molar-refractivity contribution in [2.45, 2.75) is 74.4 Å². The lowest BCUT2D eigenvalue weighted by molar-refractivity contribution is -0.151. The molecule has 66 heavy (non-hydrogen) atoms. The number of carbonyl (C=O) groups excluding carboxylic acids is 7. The zero-order valence-corrected chi connectivity index (χ0v) is 37.8. The number of fused-ring (bicyclic) bond motifs is 1. The zero-order chi connectivity index (χ0) is 48.2. The summed E-state index contributed by atoms with van der Waals surface area (Å²) in [5, 5.41) is 38.1. The molecule has 0 saturated carbocycles. The van der Waals surface area contributed by atoms with Crippen molar-refractivity contribution in [1.29, 1.82) is 0 Å². The number of unbranched alkanes of at least 4 members (excludes halogenated alkanes) is 1. The van der Waals surface area contributed by atoms with Crippen LogP contribution in [0.1, 0.15) is 44.1 Å². The Morgan fingerprint density at radius 3 is 2.32 bits per heavy atom. The summed E-state index contributed by atoms with van der Waals surface area (Å²) >= 11 is 1.79. The number of benzene rings is 1. The molecule has 24 heteroatoms. The molecule has 3 saturated heterocycles. The average Bonchev–Trinajstić information content (AvgIpc) is 3.82. The minimum absolute atomic E-state index is 0.0224. The van der Waals surface area contributed by atoms with Crippen LogP contribution in [-0.2, 0) is 54.3 Å². The highest BCUT2D eigenvalue weighted by Gasteiger charge is 2.42. The number of rotatable bonds is 24. The molecule has 0 bridgehead atoms. The summed E-state index contributed by atoms with van der Waals surface area (Å²) in [5.74, 6) is -4.92. The van der Waals surface area contributed by atoms with Gasteiger partial charge in [0.25, 0.3) is 6.47 Å². The van der Waals surface area contributed by atoms with E-state index in [1.165, 1.54) is 11.9 Å². The molecule has 3 fully saturated rings. The summed E-state index contributed by atoms with van der Waals surface area (Å²) in [7, 11) is 7.61. The minimum atomic E-state index is -1.49. The Morgan fingerprint density at radius 1 is 0.939 bits per heavy atom. The smallest absolute Gasteiger partial charge is 0.542 e. The number of urea groups is 1. The maximum atomic E-state index is 12.8. The van der Waals surface area contributed by atoms with Gasteiger partial charge in [-0.2, -0.15) is 11.8 Å². The van der Waals surface area contributed by atoms with Gasteiger partial charge < -0.3 is 51.0 Å². The van der Waals surface area contributed by atoms with Gasteiger partial charge in [-0.25, -0.2) is 4.79 Å². The molecule has 3 heterocycles. The van der Waals surface area contributed by atoms with Gasteiger partial charge in [-0.15, -0.1) is 0 Å². The van der Waals surface area contributed by atoms with Crippen LogP contribution in [0.4, 0.5) is 10.5 Å². The van der Waals surface area contributed by atoms with Crippen LogP contribution in [0, 0.1) is 7.05 Å². The largest absolute Gasteiger partial charge is 0.563 e. The van der Waals surface area contributed by atoms with Gasteiger partial charge >= 0.3 is 29.9 Å². The van der Waals surface area contributed by atoms with Crippen molar-refractivity contribution in [3.05, 3.63) is 36.9 Å². The van der Waals surface area contributed by atoms with Crippen LogP contribution in [0.3, 0.4) is 0 Å². The van der Waals surface area contributed by atoms with Gasteiger partial charge in [0, 0.05) is 100 Å². The van der Waals surface area contributed by atoms with Crippen LogP contribution < -0.4 is 21.3 Å². The van der Waals surface area contributed by atoms with E-state index in [0.29, 0.717) is 51.2 Å². The van der Waals surface area contributed by atoms with Gasteiger partial charge in [-0.1, -0.05) is 18.6 Å². The second-order valence-electron chi connectivity index (χ2n) is 16.4. The van der Waals surface area contributed by atoms with E-state index < -0.39 is 54.4 Å². The predicted molar refractivity (Wildman–Crippen MR) is 238 cm³/mol. The Kier molecular flexibility index (Phi) is 21.8. The zero-order valence-electron chi connectivity index (χ0n) is 37.0. The maximum absolute atomic E-state index is 12.8. The van der Waals surface area contributed by atoms with E-state index in [0.717, 1.165) is 24.2 Å². The lowest BCUT2D eigenvalue weighted by atomic mass is 10.0. The number of esters is 1. The molecule has 5 unspecified atom stereocenters. The number of amides is 5. The molecule has 3 aliphatic rings. The first-order valence-corrected chi connectivity index (χ1v) is 22.7. The molecule has 1 aromatic carbocycles. The van der Waals surface area contributed by atoms with Crippen molar-refractivity contribution in [2.75, 3.05) is 96.9 Å². The van der Waals surface area contributed by atoms with E-state index in [1.54, 1.807) is 50.7 Å². The molecule has 23 nitrogen and oxygen atoms in total. The van der Waals surface area contributed by atoms with Crippen LogP contribution in [-0.4, -0.2) is 215 Å². The molecule has 5 amide bonds. The van der Waals surface area contributed by atoms with Crippen molar-refractivity contribution in [2.24, 2.45) is 0 Å². The fourth-order valence-electron chi connectivity index (χ4n) is 7.76. The summed E-state index contributed by atoms with van der Waals surface area (Å²) in [6, 6.07) is 4.78. The van der Waals surface area contributed by atoms with Gasteiger partial charge in [0.05, 0.1) is 38.1 Å². The first-order valence-electron chi connectivity index (χ1n) is 21.7. The highest BCUT2D eigenvalue weighted by molar-refractivity contribution is 8.00. The fourth-order valence-corrected chi connectivity index (χ4v) is 9.31. The fraction of sp³-hybridized carbons (Fsp3) is 0.619. The van der Waals surface area contributed by atoms with Crippen LogP contribution in [0.2, 0.25) is 0 Å². The Bertz CT molecular complexity index is 1840. The van der Waals surface area contributed by atoms with E-state index in [1.807, 2.05) is 4.90 Å². The molecule has 3 aliphatic heterocycles. The van der Waals surface area contributed by atoms with E-state index in [4.69, 9.17) is 21.6 Å². The summed E-state index contributed by atoms with van der Waals surface area (Å²) in [4.78, 5) is 117. The molecule has 0 aromatic heterocycles. The minimum Gasteiger partial charge on any atom is -0.563 e. The van der Waals surface area contributed by atoms with Gasteiger partial charge in [0.15, 0.2) is 0 Å². The summed E-state index contributed by atoms with van der Waals surface area (Å²) in [6.45, 7) is 0.816. The number of aliphatic carboxylic acids is 2. The first kappa shape index (κ1) is 53.1. The molecular formula is C42H62N9O14S+. The van der Waals surface area contributed by atoms with E-state index in [9.17, 15) is 53.4 Å². The standard InChI is InChI=1S/C42H61N9O14S/c1-47-13-15-49(26-64-27-52)17-18-51(23-38(58)59)30(20-50(16-14-47)22-37(56)57)19-28-7-9-29(10-8-28)43-34(53)11-12-39(60)65-24-31(41(61)62)44-35(54)21-48(2)36(55)6-4-3-5-33-40-32(25-66-33)45-42(63)46-40/h1,7-10,27,30-33,40H,3-6,11-26H2,2H3,(H,43,53)(H,44,54)(H,56,57)(H,58,59)(H,61,62)(H2,45,46,63)/p+1. The van der Waals surface area contributed by atoms with Crippen molar-refractivity contribution in [3.63, 3.8) is 0 Å². The van der Waals surface area contributed by atoms with Crippen molar-refractivity contribution in [3.8, 4) is 0 Å². The molecule has 2 radical (unpaired) electrons. The number of hydrogen-bond donors (Lipinski definition) is 6. The summed E-state index contributed by atoms with van der Waals surface area (Å²) in [5.41, 5.74) is 1.15. The van der Waals surface area contributed by atoms with E-state index >= 15 is 0 Å². The summed E-state index contributed by atoms with van der Waals surface area (Å²) < 4.78 is 10.0. The first-order chi connectivity index (χ1) is 31.5. The summed E-state index contributed by atoms with van der Waals surface area (Å²) in [6.07, 6.45) is 2.00. The van der Waals surface area contributed by atoms with Crippen LogP contribution in [0.5, 0.6) is 0 Å². The van der Waals surface area contributed by atoms with Crippen molar-refractivity contribution >= 4 is 71.6 Å². The highest BCUT2D eigenvalue weighted by Crippen LogP contribution is 2.33. The Morgan fingerprint density at radius 2 is 1.64 bits per heavy atom. The number of likely N-dealkylation sites (N-methyl/N-ethyl adjacent to an activating group) is 1. The molecule has 0 spiro atoms. The Labute approximate surface area is 387 Å². The average molecular weight is 949 g/mol. The SMILES string of the molecule is [CH]N1CCN(COC=O)CCN(CC(=O)O)C(Cc2ccc(NC(=O)CCC(=O)OCC(NC(=O)CN(C)C(=O)CCCCC3SCC4NC(=O)NC43)C(=O)[OH2+])cc2)CN(CC(=O)O)CC1. The topological polar surface area (TPSA) is 300 Å². The molecule has 364 valence electrons. The third kappa shape index (κ3) is 18.7. The number of carboxylic acids is 2. The van der Waals surface area contributed by atoms with Gasteiger partial charge in [0.1, 0.15) is 13.3 Å². The molecule has 8 N–H and O–H groups in total. The van der Waals surface area contributed by atoms with Crippen molar-refractivity contribution in [1.82, 2.24) is 40.4 Å². The molecule has 4 rings (SSSR count). The second-order valence-corrected chi connectivity index (χ2v) is 17.7. The molecule has 5 atom stereocenters. The van der Waals surface area contributed by atoms with Crippen LogP contribution >= 0.6 is 11.8 Å². The Hall–Kier alpha value is -5.56. The van der Waals surface area contributed by atoms with Crippen LogP contribution in [0.15, 0.2) is 24.3 Å². The second kappa shape index (κ2) is 27.2. The predicted octanol–water partition coefficient (Wildman–Crippen LogP) is -2.03. The van der Waals surface area contributed by atoms with Crippen molar-refractivity contribution < 1.29 is 67.9 Å². The number of thioether (sulfide) groups is 1. The normalized spacial score (nSPS) is 21.4. The molecular weight excluding hydrogens is 887 g/mol. The molecule has 0 aliphatic carbocycles. The third-order valence-corrected chi connectivity index (χ3v) is 12.8. The quantitative estimate of drug-likeness (QED) is 0.0214. The van der Waals surface area contributed by atoms with Gasteiger partial charge in [-0.05, 0) is 37.0 Å². The highest BCUT2D eigenvalue weighted by atomic mass is 32.2. The van der Waals surface area contributed by atoms with E-state index in [-0.39, 0.29) is 94.5 Å². The number of carbonyl (C=O) groups is 9. The number of nitrogens with zero attached hydrogens (tertiary/aromatic N) is 5. The number of hydrogen-bond acceptors (Lipinski definition) is 16. The third-order valence-electron chi connectivity index (χ3n) is 11.3. The molecule has 1 aromatic rings. The van der Waals surface area contributed by atoms with E-state index in [2.05, 4.69) is 21.3 Å². The Balaban J connectivity index is 1.22. The van der Waals surface area contributed by atoms with Gasteiger partial charge in [0.2, 0.25) is 23.8 Å². The number of carboxylic acid groups (broad SMARTS) is 2. The number of ether oxygens (including phenoxy) is 2. The lowest BCUT2D eigenvalue weighted by Gasteiger charge is -2.37. The number of anilines is 1. The lowest BCUT2D eigenvalue weighted by Crippen LogP contribution is -2.52. The monoisotopic (exact) mass is 948 g/mol. The maximum Gasteiger partial charge on any atom is 0.542 e. The number of nitrogens with one attached hydrogen (secondary N) is 4. The van der Waals surface area contributed by atoms with Gasteiger partial charge in [-0.3, -0.25) is 53.2 Å². The van der Waals surface area contributed by atoms with Crippen LogP contribution in [0.25, 0.3) is 0 Å².